The Morgan fingerprint density at radius 1 is 1.04 bits per heavy atom. The summed E-state index contributed by atoms with van der Waals surface area (Å²) in [6, 6.07) is 19.0. The number of aromatic nitrogens is 2. The second kappa shape index (κ2) is 7.82. The van der Waals surface area contributed by atoms with Crippen LogP contribution in [0.4, 0.5) is 0 Å². The number of benzene rings is 2. The zero-order chi connectivity index (χ0) is 18.6. The van der Waals surface area contributed by atoms with E-state index in [2.05, 4.69) is 5.10 Å². The van der Waals surface area contributed by atoms with Gasteiger partial charge in [0.1, 0.15) is 10.6 Å². The Morgan fingerprint density at radius 2 is 1.65 bits per heavy atom. The fourth-order valence-corrected chi connectivity index (χ4v) is 3.98. The van der Waals surface area contributed by atoms with Gasteiger partial charge in [0.05, 0.1) is 13.2 Å². The van der Waals surface area contributed by atoms with Gasteiger partial charge in [-0.15, -0.1) is 0 Å². The molecule has 136 valence electrons. The van der Waals surface area contributed by atoms with Crippen LogP contribution in [0.15, 0.2) is 71.8 Å². The highest BCUT2D eigenvalue weighted by atomic mass is 32.2. The van der Waals surface area contributed by atoms with Gasteiger partial charge in [-0.2, -0.15) is 9.40 Å². The summed E-state index contributed by atoms with van der Waals surface area (Å²) in [4.78, 5) is 0.135. The van der Waals surface area contributed by atoms with Crippen molar-refractivity contribution in [1.29, 1.82) is 0 Å². The predicted molar refractivity (Wildman–Crippen MR) is 100 cm³/mol. The maximum Gasteiger partial charge on any atom is 0.246 e. The number of nitrogens with zero attached hydrogens (tertiary/aromatic N) is 3. The van der Waals surface area contributed by atoms with Crippen LogP contribution in [-0.4, -0.2) is 47.8 Å². The molecule has 0 aliphatic carbocycles. The van der Waals surface area contributed by atoms with E-state index in [0.717, 1.165) is 15.4 Å². The molecule has 0 spiro atoms. The van der Waals surface area contributed by atoms with Gasteiger partial charge in [-0.1, -0.05) is 60.7 Å². The molecule has 3 aromatic rings. The lowest BCUT2D eigenvalue weighted by Crippen LogP contribution is -2.29. The molecular weight excluding hydrogens is 350 g/mol. The number of aliphatic hydroxyl groups is 1. The van der Waals surface area contributed by atoms with Gasteiger partial charge in [0.2, 0.25) is 10.0 Å². The van der Waals surface area contributed by atoms with Crippen molar-refractivity contribution in [2.24, 2.45) is 0 Å². The Morgan fingerprint density at radius 3 is 2.27 bits per heavy atom. The van der Waals surface area contributed by atoms with E-state index < -0.39 is 10.0 Å². The van der Waals surface area contributed by atoms with Gasteiger partial charge in [-0.05, 0) is 5.56 Å². The molecular formula is C19H21N3O3S. The third-order valence-electron chi connectivity index (χ3n) is 4.07. The van der Waals surface area contributed by atoms with Gasteiger partial charge < -0.3 is 5.11 Å². The summed E-state index contributed by atoms with van der Waals surface area (Å²) in [5.74, 6) is 0. The minimum absolute atomic E-state index is 0.0282. The van der Waals surface area contributed by atoms with Gasteiger partial charge in [0.25, 0.3) is 0 Å². The van der Waals surface area contributed by atoms with E-state index in [1.165, 1.54) is 7.05 Å². The zero-order valence-corrected chi connectivity index (χ0v) is 15.3. The summed E-state index contributed by atoms with van der Waals surface area (Å²) in [6.07, 6.45) is 1.55. The Balaban J connectivity index is 2.07. The van der Waals surface area contributed by atoms with E-state index in [-0.39, 0.29) is 18.0 Å². The van der Waals surface area contributed by atoms with E-state index in [1.807, 2.05) is 60.7 Å². The topological polar surface area (TPSA) is 75.4 Å². The van der Waals surface area contributed by atoms with Crippen molar-refractivity contribution in [2.75, 3.05) is 20.2 Å². The molecule has 0 amide bonds. The van der Waals surface area contributed by atoms with Gasteiger partial charge in [0, 0.05) is 25.4 Å². The van der Waals surface area contributed by atoms with E-state index in [9.17, 15) is 8.42 Å². The average Bonchev–Trinajstić information content (AvgIpc) is 3.08. The highest BCUT2D eigenvalue weighted by Gasteiger charge is 2.27. The molecule has 6 nitrogen and oxygen atoms in total. The molecule has 0 saturated carbocycles. The van der Waals surface area contributed by atoms with Gasteiger partial charge in [-0.25, -0.2) is 8.42 Å². The summed E-state index contributed by atoms with van der Waals surface area (Å²) in [5, 5.41) is 13.6. The SMILES string of the molecule is CN(CCO)S(=O)(=O)c1cn(Cc2ccccc2)nc1-c1ccccc1. The highest BCUT2D eigenvalue weighted by molar-refractivity contribution is 7.89. The van der Waals surface area contributed by atoms with Crippen LogP contribution in [0, 0.1) is 0 Å². The molecule has 7 heteroatoms. The summed E-state index contributed by atoms with van der Waals surface area (Å²) in [7, 11) is -2.31. The molecule has 2 aromatic carbocycles. The molecule has 0 bridgehead atoms. The van der Waals surface area contributed by atoms with Crippen LogP contribution >= 0.6 is 0 Å². The van der Waals surface area contributed by atoms with Crippen LogP contribution in [0.3, 0.4) is 0 Å². The fourth-order valence-electron chi connectivity index (χ4n) is 2.67. The maximum absolute atomic E-state index is 12.9. The number of aliphatic hydroxyl groups excluding tert-OH is 1. The number of likely N-dealkylation sites (N-methyl/N-ethyl adjacent to an activating group) is 1. The van der Waals surface area contributed by atoms with Crippen molar-refractivity contribution in [3.05, 3.63) is 72.4 Å². The lowest BCUT2D eigenvalue weighted by atomic mass is 10.2. The van der Waals surface area contributed by atoms with Crippen LogP contribution in [0.2, 0.25) is 0 Å². The minimum Gasteiger partial charge on any atom is -0.395 e. The molecule has 0 aliphatic heterocycles. The largest absolute Gasteiger partial charge is 0.395 e. The van der Waals surface area contributed by atoms with Gasteiger partial charge >= 0.3 is 0 Å². The van der Waals surface area contributed by atoms with Crippen LogP contribution in [0.25, 0.3) is 11.3 Å². The molecule has 26 heavy (non-hydrogen) atoms. The predicted octanol–water partition coefficient (Wildman–Crippen LogP) is 2.21. The Bertz CT molecular complexity index is 954. The second-order valence-corrected chi connectivity index (χ2v) is 7.95. The number of rotatable bonds is 7. The zero-order valence-electron chi connectivity index (χ0n) is 14.5. The fraction of sp³-hybridized carbons (Fsp3) is 0.211. The van der Waals surface area contributed by atoms with Crippen molar-refractivity contribution in [3.63, 3.8) is 0 Å². The van der Waals surface area contributed by atoms with Crippen molar-refractivity contribution < 1.29 is 13.5 Å². The standard InChI is InChI=1S/C19H21N3O3S/c1-21(12-13-23)26(24,25)18-15-22(14-16-8-4-2-5-9-16)20-19(18)17-10-6-3-7-11-17/h2-11,15,23H,12-14H2,1H3. The monoisotopic (exact) mass is 371 g/mol. The van der Waals surface area contributed by atoms with Crippen molar-refractivity contribution in [1.82, 2.24) is 14.1 Å². The first-order valence-corrected chi connectivity index (χ1v) is 9.70. The van der Waals surface area contributed by atoms with Crippen LogP contribution in [-0.2, 0) is 16.6 Å². The first kappa shape index (κ1) is 18.3. The summed E-state index contributed by atoms with van der Waals surface area (Å²) >= 11 is 0. The smallest absolute Gasteiger partial charge is 0.246 e. The third-order valence-corrected chi connectivity index (χ3v) is 5.92. The Labute approximate surface area is 153 Å². The number of hydrogen-bond donors (Lipinski definition) is 1. The molecule has 0 atom stereocenters. The van der Waals surface area contributed by atoms with Gasteiger partial charge in [0.15, 0.2) is 0 Å². The van der Waals surface area contributed by atoms with Crippen LogP contribution in [0.5, 0.6) is 0 Å². The normalized spacial score (nSPS) is 11.8. The molecule has 0 unspecified atom stereocenters. The summed E-state index contributed by atoms with van der Waals surface area (Å²) in [6.45, 7) is 0.259. The van der Waals surface area contributed by atoms with E-state index >= 15 is 0 Å². The molecule has 1 heterocycles. The van der Waals surface area contributed by atoms with Gasteiger partial charge in [-0.3, -0.25) is 4.68 Å². The van der Waals surface area contributed by atoms with Crippen molar-refractivity contribution in [3.8, 4) is 11.3 Å². The highest BCUT2D eigenvalue weighted by Crippen LogP contribution is 2.28. The van der Waals surface area contributed by atoms with Crippen LogP contribution < -0.4 is 0 Å². The Hall–Kier alpha value is -2.48. The quantitative estimate of drug-likeness (QED) is 0.691. The number of hydrogen-bond acceptors (Lipinski definition) is 4. The molecule has 1 aromatic heterocycles. The lowest BCUT2D eigenvalue weighted by Gasteiger charge is -2.15. The first-order chi connectivity index (χ1) is 12.5. The van der Waals surface area contributed by atoms with E-state index in [4.69, 9.17) is 5.11 Å². The third kappa shape index (κ3) is 3.85. The molecule has 3 rings (SSSR count). The minimum atomic E-state index is -3.76. The van der Waals surface area contributed by atoms with Crippen molar-refractivity contribution in [2.45, 2.75) is 11.4 Å². The van der Waals surface area contributed by atoms with E-state index in [0.29, 0.717) is 12.2 Å². The number of sulfonamides is 1. The maximum atomic E-state index is 12.9. The van der Waals surface area contributed by atoms with Crippen molar-refractivity contribution >= 4 is 10.0 Å². The lowest BCUT2D eigenvalue weighted by molar-refractivity contribution is 0.266. The second-order valence-electron chi connectivity index (χ2n) is 5.94. The average molecular weight is 371 g/mol. The molecule has 0 aliphatic rings. The van der Waals surface area contributed by atoms with Crippen LogP contribution in [0.1, 0.15) is 5.56 Å². The Kier molecular flexibility index (Phi) is 5.51. The molecule has 0 radical (unpaired) electrons. The summed E-state index contributed by atoms with van der Waals surface area (Å²) < 4.78 is 28.7. The molecule has 0 saturated heterocycles. The first-order valence-electron chi connectivity index (χ1n) is 8.26. The summed E-state index contributed by atoms with van der Waals surface area (Å²) in [5.41, 5.74) is 2.17. The molecule has 0 fully saturated rings. The van der Waals surface area contributed by atoms with E-state index in [1.54, 1.807) is 10.9 Å². The molecule has 1 N–H and O–H groups in total.